The minimum Gasteiger partial charge on any atom is -0.491 e. The third-order valence-corrected chi connectivity index (χ3v) is 5.76. The number of hydrogen-bond acceptors (Lipinski definition) is 3. The molecule has 1 fully saturated rings. The van der Waals surface area contributed by atoms with Crippen molar-refractivity contribution in [3.8, 4) is 5.75 Å². The lowest BCUT2D eigenvalue weighted by molar-refractivity contribution is -0.122. The van der Waals surface area contributed by atoms with Gasteiger partial charge in [-0.1, -0.05) is 32.0 Å². The number of amides is 1. The third-order valence-electron chi connectivity index (χ3n) is 5.76. The number of aromatic nitrogens is 2. The zero-order valence-corrected chi connectivity index (χ0v) is 16.7. The first-order chi connectivity index (χ1) is 13.5. The number of carbonyl (C=O) groups is 1. The maximum atomic E-state index is 12.5. The van der Waals surface area contributed by atoms with Gasteiger partial charge in [0.1, 0.15) is 17.0 Å². The molecule has 28 heavy (non-hydrogen) atoms. The summed E-state index contributed by atoms with van der Waals surface area (Å²) in [5.74, 6) is 0.693. The molecule has 0 bridgehead atoms. The molecule has 0 spiro atoms. The topological polar surface area (TPSA) is 67.0 Å². The predicted octanol–water partition coefficient (Wildman–Crippen LogP) is 4.53. The maximum absolute atomic E-state index is 12.5. The smallest absolute Gasteiger partial charge is 0.220 e. The Morgan fingerprint density at radius 3 is 2.82 bits per heavy atom. The Hall–Kier alpha value is -2.82. The quantitative estimate of drug-likeness (QED) is 0.636. The number of nitrogens with one attached hydrogen (secondary N) is 2. The molecule has 0 aliphatic heterocycles. The zero-order chi connectivity index (χ0) is 19.8. The fourth-order valence-corrected chi connectivity index (χ4v) is 3.60. The van der Waals surface area contributed by atoms with Crippen molar-refractivity contribution in [2.45, 2.75) is 45.6 Å². The highest BCUT2D eigenvalue weighted by atomic mass is 16.5. The second kappa shape index (κ2) is 6.97. The van der Waals surface area contributed by atoms with Gasteiger partial charge in [0.05, 0.1) is 6.61 Å². The van der Waals surface area contributed by atoms with Crippen molar-refractivity contribution in [3.05, 3.63) is 60.0 Å². The van der Waals surface area contributed by atoms with E-state index in [9.17, 15) is 4.79 Å². The van der Waals surface area contributed by atoms with Crippen molar-refractivity contribution < 1.29 is 9.53 Å². The van der Waals surface area contributed by atoms with Crippen LogP contribution in [0.3, 0.4) is 0 Å². The van der Waals surface area contributed by atoms with Crippen molar-refractivity contribution in [2.24, 2.45) is 5.41 Å². The zero-order valence-electron chi connectivity index (χ0n) is 16.7. The first-order valence-corrected chi connectivity index (χ1v) is 9.91. The van der Waals surface area contributed by atoms with Crippen LogP contribution >= 0.6 is 0 Å². The summed E-state index contributed by atoms with van der Waals surface area (Å²) in [5, 5.41) is 4.27. The van der Waals surface area contributed by atoms with Crippen LogP contribution in [0.4, 0.5) is 0 Å². The van der Waals surface area contributed by atoms with Crippen LogP contribution in [0.5, 0.6) is 5.75 Å². The number of pyridine rings is 1. The lowest BCUT2D eigenvalue weighted by atomic mass is 9.86. The number of fused-ring (bicyclic) bond motifs is 1. The first-order valence-electron chi connectivity index (χ1n) is 9.91. The second-order valence-corrected chi connectivity index (χ2v) is 8.22. The van der Waals surface area contributed by atoms with Crippen molar-refractivity contribution in [1.82, 2.24) is 15.3 Å². The Bertz CT molecular complexity index is 1010. The number of para-hydroxylation sites is 1. The lowest BCUT2D eigenvalue weighted by Crippen LogP contribution is -2.45. The standard InChI is InChI=1S/C23H27N3O2/c1-4-20(27)26-23(3,17-14-25-18-9-6-5-8-16(17)18)21-19(10-7-13-24-21)28-15-22(2)11-12-22/h5-10,13-14,25H,4,11-12,15H2,1-3H3,(H,26,27)/t23-/m1/s1. The minimum absolute atomic E-state index is 0.0291. The normalized spacial score (nSPS) is 17.1. The molecule has 0 radical (unpaired) electrons. The molecule has 5 nitrogen and oxygen atoms in total. The molecule has 1 saturated carbocycles. The van der Waals surface area contributed by atoms with Gasteiger partial charge in [-0.05, 0) is 38.0 Å². The van der Waals surface area contributed by atoms with Gasteiger partial charge in [0.15, 0.2) is 0 Å². The number of ether oxygens (including phenoxy) is 1. The second-order valence-electron chi connectivity index (χ2n) is 8.22. The fourth-order valence-electron chi connectivity index (χ4n) is 3.60. The average molecular weight is 377 g/mol. The minimum atomic E-state index is -0.812. The van der Waals surface area contributed by atoms with Crippen LogP contribution in [0.1, 0.15) is 51.3 Å². The number of aromatic amines is 1. The van der Waals surface area contributed by atoms with Crippen molar-refractivity contribution in [2.75, 3.05) is 6.61 Å². The van der Waals surface area contributed by atoms with Crippen molar-refractivity contribution in [1.29, 1.82) is 0 Å². The maximum Gasteiger partial charge on any atom is 0.220 e. The Labute approximate surface area is 165 Å². The fraction of sp³-hybridized carbons (Fsp3) is 0.391. The molecule has 0 unspecified atom stereocenters. The predicted molar refractivity (Wildman–Crippen MR) is 110 cm³/mol. The number of H-pyrrole nitrogens is 1. The van der Waals surface area contributed by atoms with Gasteiger partial charge in [-0.15, -0.1) is 0 Å². The molecule has 2 aromatic heterocycles. The number of hydrogen-bond donors (Lipinski definition) is 2. The van der Waals surface area contributed by atoms with E-state index in [1.807, 2.05) is 50.4 Å². The summed E-state index contributed by atoms with van der Waals surface area (Å²) in [6.07, 6.45) is 6.50. The summed E-state index contributed by atoms with van der Waals surface area (Å²) in [6.45, 7) is 6.76. The number of rotatable bonds is 7. The Balaban J connectivity index is 1.81. The van der Waals surface area contributed by atoms with E-state index in [1.165, 1.54) is 12.8 Å². The monoisotopic (exact) mass is 377 g/mol. The van der Waals surface area contributed by atoms with Crippen LogP contribution < -0.4 is 10.1 Å². The third kappa shape index (κ3) is 3.37. The summed E-state index contributed by atoms with van der Waals surface area (Å²) in [4.78, 5) is 20.5. The summed E-state index contributed by atoms with van der Waals surface area (Å²) in [7, 11) is 0. The van der Waals surface area contributed by atoms with Gasteiger partial charge in [0.2, 0.25) is 5.91 Å². The molecule has 1 aromatic carbocycles. The molecule has 1 aliphatic rings. The largest absolute Gasteiger partial charge is 0.491 e. The van der Waals surface area contributed by atoms with Crippen LogP contribution in [-0.2, 0) is 10.3 Å². The van der Waals surface area contributed by atoms with E-state index in [0.29, 0.717) is 13.0 Å². The summed E-state index contributed by atoms with van der Waals surface area (Å²) >= 11 is 0. The molecule has 146 valence electrons. The molecular weight excluding hydrogens is 350 g/mol. The van der Waals surface area contributed by atoms with Gasteiger partial charge >= 0.3 is 0 Å². The van der Waals surface area contributed by atoms with Crippen LogP contribution in [0.15, 0.2) is 48.8 Å². The van der Waals surface area contributed by atoms with Crippen molar-refractivity contribution >= 4 is 16.8 Å². The van der Waals surface area contributed by atoms with Crippen LogP contribution in [0.25, 0.3) is 10.9 Å². The van der Waals surface area contributed by atoms with E-state index in [2.05, 4.69) is 28.3 Å². The highest BCUT2D eigenvalue weighted by Crippen LogP contribution is 2.46. The van der Waals surface area contributed by atoms with Gasteiger partial charge in [0.25, 0.3) is 0 Å². The van der Waals surface area contributed by atoms with Gasteiger partial charge in [-0.3, -0.25) is 9.78 Å². The summed E-state index contributed by atoms with van der Waals surface area (Å²) < 4.78 is 6.21. The number of carbonyl (C=O) groups excluding carboxylic acids is 1. The van der Waals surface area contributed by atoms with Gasteiger partial charge in [-0.25, -0.2) is 0 Å². The molecule has 1 amide bonds. The van der Waals surface area contributed by atoms with E-state index in [0.717, 1.165) is 27.9 Å². The molecule has 2 heterocycles. The summed E-state index contributed by atoms with van der Waals surface area (Å²) in [5.41, 5.74) is 2.18. The van der Waals surface area contributed by atoms with Crippen LogP contribution in [0.2, 0.25) is 0 Å². The highest BCUT2D eigenvalue weighted by molar-refractivity contribution is 5.86. The van der Waals surface area contributed by atoms with Crippen LogP contribution in [-0.4, -0.2) is 22.5 Å². The van der Waals surface area contributed by atoms with E-state index in [1.54, 1.807) is 6.20 Å². The molecule has 1 aliphatic carbocycles. The van der Waals surface area contributed by atoms with Crippen LogP contribution in [0, 0.1) is 5.41 Å². The number of nitrogens with zero attached hydrogens (tertiary/aromatic N) is 1. The lowest BCUT2D eigenvalue weighted by Gasteiger charge is -2.32. The SMILES string of the molecule is CCC(=O)N[C@@](C)(c1ncccc1OCC1(C)CC1)c1c[nH]c2ccccc12. The molecule has 3 aromatic rings. The molecule has 5 heteroatoms. The Morgan fingerprint density at radius 1 is 1.29 bits per heavy atom. The molecule has 1 atom stereocenters. The Kier molecular flexibility index (Phi) is 4.61. The molecule has 2 N–H and O–H groups in total. The van der Waals surface area contributed by atoms with E-state index in [-0.39, 0.29) is 11.3 Å². The number of benzene rings is 1. The van der Waals surface area contributed by atoms with E-state index < -0.39 is 5.54 Å². The Morgan fingerprint density at radius 2 is 2.07 bits per heavy atom. The molecule has 0 saturated heterocycles. The van der Waals surface area contributed by atoms with Crippen molar-refractivity contribution in [3.63, 3.8) is 0 Å². The van der Waals surface area contributed by atoms with Gasteiger partial charge in [-0.2, -0.15) is 0 Å². The van der Waals surface area contributed by atoms with Gasteiger partial charge in [0, 0.05) is 40.7 Å². The summed E-state index contributed by atoms with van der Waals surface area (Å²) in [6, 6.07) is 11.9. The molecule has 4 rings (SSSR count). The molecular formula is C23H27N3O2. The average Bonchev–Trinajstić information content (AvgIpc) is 3.28. The first kappa shape index (κ1) is 18.5. The van der Waals surface area contributed by atoms with E-state index >= 15 is 0 Å². The van der Waals surface area contributed by atoms with Gasteiger partial charge < -0.3 is 15.0 Å². The van der Waals surface area contributed by atoms with E-state index in [4.69, 9.17) is 4.74 Å². The highest BCUT2D eigenvalue weighted by Gasteiger charge is 2.40.